The van der Waals surface area contributed by atoms with Crippen molar-refractivity contribution in [1.82, 2.24) is 20.2 Å². The summed E-state index contributed by atoms with van der Waals surface area (Å²) in [4.78, 5) is 0. The zero-order valence-electron chi connectivity index (χ0n) is 12.2. The van der Waals surface area contributed by atoms with E-state index in [0.717, 1.165) is 22.9 Å². The fraction of sp³-hybridized carbons (Fsp3) is 0.267. The molecular formula is C15H17N5O. The van der Waals surface area contributed by atoms with E-state index < -0.39 is 0 Å². The van der Waals surface area contributed by atoms with Crippen LogP contribution in [0.15, 0.2) is 41.1 Å². The van der Waals surface area contributed by atoms with Crippen molar-refractivity contribution in [3.05, 3.63) is 53.7 Å². The lowest BCUT2D eigenvalue weighted by Gasteiger charge is -2.15. The summed E-state index contributed by atoms with van der Waals surface area (Å²) in [6, 6.07) is 10.2. The van der Waals surface area contributed by atoms with Crippen LogP contribution in [0.5, 0.6) is 0 Å². The highest BCUT2D eigenvalue weighted by molar-refractivity contribution is 5.52. The van der Waals surface area contributed by atoms with E-state index in [2.05, 4.69) is 33.8 Å². The molecule has 0 saturated heterocycles. The van der Waals surface area contributed by atoms with Gasteiger partial charge >= 0.3 is 0 Å². The Kier molecular flexibility index (Phi) is 3.43. The Morgan fingerprint density at radius 1 is 1.24 bits per heavy atom. The van der Waals surface area contributed by atoms with Crippen molar-refractivity contribution < 1.29 is 4.42 Å². The lowest BCUT2D eigenvalue weighted by atomic mass is 10.1. The second-order valence-electron chi connectivity index (χ2n) is 5.04. The van der Waals surface area contributed by atoms with Crippen molar-refractivity contribution in [3.63, 3.8) is 0 Å². The summed E-state index contributed by atoms with van der Waals surface area (Å²) >= 11 is 0. The number of nitrogens with zero attached hydrogens (tertiary/aromatic N) is 4. The van der Waals surface area contributed by atoms with Crippen LogP contribution in [0.2, 0.25) is 0 Å². The van der Waals surface area contributed by atoms with E-state index >= 15 is 0 Å². The molecule has 3 rings (SSSR count). The molecule has 1 N–H and O–H groups in total. The Bertz CT molecular complexity index is 732. The standard InChI is InChI=1S/C15H17N5O/c1-10-7-15(12(3)21-10)11(2)17-13-5-4-6-14(8-13)20-9-16-18-19-20/h4-9,11,17H,1-3H3. The molecule has 0 radical (unpaired) electrons. The van der Waals surface area contributed by atoms with Crippen molar-refractivity contribution in [2.24, 2.45) is 0 Å². The van der Waals surface area contributed by atoms with Gasteiger partial charge in [-0.25, -0.2) is 4.68 Å². The molecule has 1 aromatic carbocycles. The van der Waals surface area contributed by atoms with Crippen molar-refractivity contribution in [3.8, 4) is 5.69 Å². The highest BCUT2D eigenvalue weighted by Crippen LogP contribution is 2.25. The molecule has 2 heterocycles. The Morgan fingerprint density at radius 3 is 2.76 bits per heavy atom. The maximum absolute atomic E-state index is 5.59. The first-order valence-corrected chi connectivity index (χ1v) is 6.80. The minimum atomic E-state index is 0.159. The average molecular weight is 283 g/mol. The highest BCUT2D eigenvalue weighted by Gasteiger charge is 2.12. The van der Waals surface area contributed by atoms with E-state index in [1.807, 2.05) is 38.1 Å². The number of hydrogen-bond acceptors (Lipinski definition) is 5. The van der Waals surface area contributed by atoms with E-state index in [1.54, 1.807) is 11.0 Å². The number of nitrogens with one attached hydrogen (secondary N) is 1. The topological polar surface area (TPSA) is 68.8 Å². The van der Waals surface area contributed by atoms with E-state index in [-0.39, 0.29) is 6.04 Å². The monoisotopic (exact) mass is 283 g/mol. The molecule has 6 heteroatoms. The molecule has 0 fully saturated rings. The van der Waals surface area contributed by atoms with Crippen LogP contribution in [0.25, 0.3) is 5.69 Å². The van der Waals surface area contributed by atoms with Gasteiger partial charge in [0.25, 0.3) is 0 Å². The zero-order chi connectivity index (χ0) is 14.8. The largest absolute Gasteiger partial charge is 0.466 e. The van der Waals surface area contributed by atoms with Gasteiger partial charge in [0.15, 0.2) is 0 Å². The molecule has 0 aliphatic heterocycles. The first-order valence-electron chi connectivity index (χ1n) is 6.80. The van der Waals surface area contributed by atoms with Gasteiger partial charge in [-0.3, -0.25) is 0 Å². The quantitative estimate of drug-likeness (QED) is 0.797. The molecule has 21 heavy (non-hydrogen) atoms. The normalized spacial score (nSPS) is 12.3. The number of hydrogen-bond donors (Lipinski definition) is 1. The summed E-state index contributed by atoms with van der Waals surface area (Å²) in [5.74, 6) is 1.88. The van der Waals surface area contributed by atoms with E-state index in [1.165, 1.54) is 5.56 Å². The van der Waals surface area contributed by atoms with E-state index in [0.29, 0.717) is 0 Å². The van der Waals surface area contributed by atoms with Gasteiger partial charge in [-0.1, -0.05) is 6.07 Å². The number of tetrazole rings is 1. The molecule has 3 aromatic rings. The first-order chi connectivity index (χ1) is 10.1. The molecule has 0 amide bonds. The van der Waals surface area contributed by atoms with Gasteiger partial charge < -0.3 is 9.73 Å². The molecule has 2 aromatic heterocycles. The molecule has 6 nitrogen and oxygen atoms in total. The average Bonchev–Trinajstić information content (AvgIpc) is 3.08. The van der Waals surface area contributed by atoms with Gasteiger partial charge in [-0.15, -0.1) is 5.10 Å². The molecular weight excluding hydrogens is 266 g/mol. The summed E-state index contributed by atoms with van der Waals surface area (Å²) in [6.07, 6.45) is 1.58. The SMILES string of the molecule is Cc1cc(C(C)Nc2cccc(-n3cnnn3)c2)c(C)o1. The second-order valence-corrected chi connectivity index (χ2v) is 5.04. The van der Waals surface area contributed by atoms with Crippen molar-refractivity contribution in [2.45, 2.75) is 26.8 Å². The van der Waals surface area contributed by atoms with E-state index in [4.69, 9.17) is 4.42 Å². The maximum Gasteiger partial charge on any atom is 0.143 e. The fourth-order valence-electron chi connectivity index (χ4n) is 2.43. The smallest absolute Gasteiger partial charge is 0.143 e. The lowest BCUT2D eigenvalue weighted by molar-refractivity contribution is 0.500. The molecule has 0 bridgehead atoms. The number of anilines is 1. The summed E-state index contributed by atoms with van der Waals surface area (Å²) in [5.41, 5.74) is 3.09. The van der Waals surface area contributed by atoms with Crippen LogP contribution in [0.1, 0.15) is 30.0 Å². The Morgan fingerprint density at radius 2 is 2.10 bits per heavy atom. The number of rotatable bonds is 4. The first kappa shape index (κ1) is 13.4. The molecule has 0 aliphatic carbocycles. The van der Waals surface area contributed by atoms with Crippen LogP contribution in [0.3, 0.4) is 0 Å². The summed E-state index contributed by atoms with van der Waals surface area (Å²) in [6.45, 7) is 6.06. The highest BCUT2D eigenvalue weighted by atomic mass is 16.3. The molecule has 1 atom stereocenters. The predicted octanol–water partition coefficient (Wildman–Crippen LogP) is 3.05. The Labute approximate surface area is 122 Å². The van der Waals surface area contributed by atoms with Gasteiger partial charge in [0, 0.05) is 11.3 Å². The summed E-state index contributed by atoms with van der Waals surface area (Å²) in [7, 11) is 0. The van der Waals surface area contributed by atoms with Crippen molar-refractivity contribution >= 4 is 5.69 Å². The minimum Gasteiger partial charge on any atom is -0.466 e. The molecule has 1 unspecified atom stereocenters. The van der Waals surface area contributed by atoms with Crippen LogP contribution < -0.4 is 5.32 Å². The summed E-state index contributed by atoms with van der Waals surface area (Å²) < 4.78 is 7.21. The van der Waals surface area contributed by atoms with Crippen molar-refractivity contribution in [1.29, 1.82) is 0 Å². The third-order valence-corrected chi connectivity index (χ3v) is 3.39. The zero-order valence-corrected chi connectivity index (χ0v) is 12.2. The Balaban J connectivity index is 1.82. The number of aromatic nitrogens is 4. The van der Waals surface area contributed by atoms with Crippen LogP contribution in [0.4, 0.5) is 5.69 Å². The predicted molar refractivity (Wildman–Crippen MR) is 79.4 cm³/mol. The number of furan rings is 1. The number of benzene rings is 1. The van der Waals surface area contributed by atoms with Crippen molar-refractivity contribution in [2.75, 3.05) is 5.32 Å². The fourth-order valence-corrected chi connectivity index (χ4v) is 2.43. The van der Waals surface area contributed by atoms with Gasteiger partial charge in [-0.2, -0.15) is 0 Å². The van der Waals surface area contributed by atoms with Gasteiger partial charge in [0.2, 0.25) is 0 Å². The van der Waals surface area contributed by atoms with Gasteiger partial charge in [0.1, 0.15) is 17.8 Å². The van der Waals surface area contributed by atoms with Crippen LogP contribution >= 0.6 is 0 Å². The summed E-state index contributed by atoms with van der Waals surface area (Å²) in [5, 5.41) is 14.7. The van der Waals surface area contributed by atoms with Crippen LogP contribution in [-0.2, 0) is 0 Å². The Hall–Kier alpha value is -2.63. The molecule has 0 spiro atoms. The minimum absolute atomic E-state index is 0.159. The molecule has 0 saturated carbocycles. The van der Waals surface area contributed by atoms with E-state index in [9.17, 15) is 0 Å². The number of aryl methyl sites for hydroxylation is 2. The van der Waals surface area contributed by atoms with Gasteiger partial charge in [-0.05, 0) is 55.5 Å². The molecule has 0 aliphatic rings. The maximum atomic E-state index is 5.59. The van der Waals surface area contributed by atoms with Gasteiger partial charge in [0.05, 0.1) is 11.7 Å². The molecule has 108 valence electrons. The third-order valence-electron chi connectivity index (χ3n) is 3.39. The third kappa shape index (κ3) is 2.79. The van der Waals surface area contributed by atoms with Crippen LogP contribution in [-0.4, -0.2) is 20.2 Å². The lowest BCUT2D eigenvalue weighted by Crippen LogP contribution is -2.07. The second kappa shape index (κ2) is 5.40. The van der Waals surface area contributed by atoms with Crippen LogP contribution in [0, 0.1) is 13.8 Å².